The lowest BCUT2D eigenvalue weighted by Crippen LogP contribution is -2.60. The summed E-state index contributed by atoms with van der Waals surface area (Å²) in [7, 11) is 1.22. The second kappa shape index (κ2) is 13.8. The molecule has 218 valence electrons. The first-order chi connectivity index (χ1) is 18.7. The van der Waals surface area contributed by atoms with Gasteiger partial charge in [-0.25, -0.2) is 4.79 Å². The molecule has 2 unspecified atom stereocenters. The maximum Gasteiger partial charge on any atom is 0.408 e. The Hall–Kier alpha value is -4.08. The zero-order chi connectivity index (χ0) is 30.1. The van der Waals surface area contributed by atoms with Crippen LogP contribution in [0, 0.1) is 0 Å². The topological polar surface area (TPSA) is 134 Å². The SMILES string of the molecule is CCC(C)(C)N(C(=O)C(Cc1ccc(O)cc1)NC(=O)OC(C)(C)C)C(C(=O)NCC(=O)OC)c1ccccc1. The van der Waals surface area contributed by atoms with E-state index < -0.39 is 47.1 Å². The number of esters is 1. The fourth-order valence-electron chi connectivity index (χ4n) is 4.01. The number of alkyl carbamates (subject to hydrolysis) is 1. The Labute approximate surface area is 236 Å². The van der Waals surface area contributed by atoms with Crippen molar-refractivity contribution in [1.82, 2.24) is 15.5 Å². The van der Waals surface area contributed by atoms with E-state index in [1.165, 1.54) is 24.1 Å². The molecule has 2 rings (SSSR count). The summed E-state index contributed by atoms with van der Waals surface area (Å²) in [5, 5.41) is 15.0. The molecule has 0 heterocycles. The van der Waals surface area contributed by atoms with Crippen molar-refractivity contribution in [1.29, 1.82) is 0 Å². The highest BCUT2D eigenvalue weighted by molar-refractivity contribution is 5.93. The van der Waals surface area contributed by atoms with Gasteiger partial charge >= 0.3 is 12.1 Å². The van der Waals surface area contributed by atoms with Crippen LogP contribution in [0.25, 0.3) is 0 Å². The number of rotatable bonds is 11. The van der Waals surface area contributed by atoms with Crippen LogP contribution in [0.15, 0.2) is 54.6 Å². The molecule has 0 spiro atoms. The number of carbonyl (C=O) groups excluding carboxylic acids is 4. The molecule has 0 aliphatic heterocycles. The maximum atomic E-state index is 14.5. The monoisotopic (exact) mass is 555 g/mol. The summed E-state index contributed by atoms with van der Waals surface area (Å²) in [5.74, 6) is -1.67. The summed E-state index contributed by atoms with van der Waals surface area (Å²) in [5.41, 5.74) is -0.463. The second-order valence-electron chi connectivity index (χ2n) is 11.1. The number of ether oxygens (including phenoxy) is 2. The van der Waals surface area contributed by atoms with Crippen LogP contribution in [0.5, 0.6) is 5.75 Å². The number of methoxy groups -OCH3 is 1. The molecule has 10 nitrogen and oxygen atoms in total. The molecule has 2 atom stereocenters. The summed E-state index contributed by atoms with van der Waals surface area (Å²) in [6.45, 7) is 10.3. The third kappa shape index (κ3) is 9.29. The first-order valence-electron chi connectivity index (χ1n) is 13.2. The first-order valence-corrected chi connectivity index (χ1v) is 13.2. The number of nitrogens with one attached hydrogen (secondary N) is 2. The van der Waals surface area contributed by atoms with Crippen LogP contribution >= 0.6 is 0 Å². The van der Waals surface area contributed by atoms with Gasteiger partial charge in [-0.05, 0) is 64.3 Å². The van der Waals surface area contributed by atoms with Crippen molar-refractivity contribution in [2.24, 2.45) is 0 Å². The number of phenolic OH excluding ortho intramolecular Hbond substituents is 1. The van der Waals surface area contributed by atoms with E-state index in [2.05, 4.69) is 15.4 Å². The van der Waals surface area contributed by atoms with Crippen molar-refractivity contribution in [2.45, 2.75) is 77.6 Å². The normalized spacial score (nSPS) is 13.0. The molecule has 0 saturated carbocycles. The highest BCUT2D eigenvalue weighted by Gasteiger charge is 2.43. The molecular formula is C30H41N3O7. The van der Waals surface area contributed by atoms with Crippen LogP contribution in [-0.4, -0.2) is 64.7 Å². The third-order valence-corrected chi connectivity index (χ3v) is 6.38. The van der Waals surface area contributed by atoms with Crippen molar-refractivity contribution in [3.63, 3.8) is 0 Å². The number of hydrogen-bond donors (Lipinski definition) is 3. The van der Waals surface area contributed by atoms with Crippen molar-refractivity contribution in [3.8, 4) is 5.75 Å². The molecule has 0 fully saturated rings. The zero-order valence-corrected chi connectivity index (χ0v) is 24.3. The predicted molar refractivity (Wildman–Crippen MR) is 150 cm³/mol. The highest BCUT2D eigenvalue weighted by Crippen LogP contribution is 2.32. The lowest BCUT2D eigenvalue weighted by atomic mass is 9.91. The fraction of sp³-hybridized carbons (Fsp3) is 0.467. The van der Waals surface area contributed by atoms with Gasteiger partial charge in [0.25, 0.3) is 0 Å². The van der Waals surface area contributed by atoms with Gasteiger partial charge in [0.1, 0.15) is 30.0 Å². The van der Waals surface area contributed by atoms with Gasteiger partial charge in [0.05, 0.1) is 7.11 Å². The molecule has 0 aliphatic rings. The summed E-state index contributed by atoms with van der Waals surface area (Å²) in [6.07, 6.45) is -0.240. The van der Waals surface area contributed by atoms with Gasteiger partial charge < -0.3 is 30.1 Å². The van der Waals surface area contributed by atoms with E-state index in [-0.39, 0.29) is 18.7 Å². The summed E-state index contributed by atoms with van der Waals surface area (Å²) >= 11 is 0. The van der Waals surface area contributed by atoms with Crippen molar-refractivity contribution < 1.29 is 33.8 Å². The van der Waals surface area contributed by atoms with E-state index in [1.54, 1.807) is 63.2 Å². The Kier molecular flexibility index (Phi) is 11.1. The van der Waals surface area contributed by atoms with E-state index >= 15 is 0 Å². The van der Waals surface area contributed by atoms with Gasteiger partial charge in [-0.3, -0.25) is 14.4 Å². The number of nitrogens with zero attached hydrogens (tertiary/aromatic N) is 1. The largest absolute Gasteiger partial charge is 0.508 e. The van der Waals surface area contributed by atoms with Gasteiger partial charge in [-0.2, -0.15) is 0 Å². The van der Waals surface area contributed by atoms with Crippen molar-refractivity contribution in [3.05, 3.63) is 65.7 Å². The van der Waals surface area contributed by atoms with Crippen LogP contribution in [0.2, 0.25) is 0 Å². The quantitative estimate of drug-likeness (QED) is 0.358. The van der Waals surface area contributed by atoms with Crippen molar-refractivity contribution in [2.75, 3.05) is 13.7 Å². The number of phenols is 1. The van der Waals surface area contributed by atoms with Crippen LogP contribution in [0.4, 0.5) is 4.79 Å². The van der Waals surface area contributed by atoms with Gasteiger partial charge in [-0.1, -0.05) is 49.4 Å². The Morgan fingerprint density at radius 3 is 2.08 bits per heavy atom. The highest BCUT2D eigenvalue weighted by atomic mass is 16.6. The molecule has 0 radical (unpaired) electrons. The van der Waals surface area contributed by atoms with E-state index in [1.807, 2.05) is 20.8 Å². The molecule has 2 aromatic rings. The minimum absolute atomic E-state index is 0.0619. The molecule has 3 N–H and O–H groups in total. The van der Waals surface area contributed by atoms with Gasteiger partial charge in [-0.15, -0.1) is 0 Å². The van der Waals surface area contributed by atoms with Crippen LogP contribution < -0.4 is 10.6 Å². The number of hydrogen-bond acceptors (Lipinski definition) is 7. The molecule has 10 heteroatoms. The Bertz CT molecular complexity index is 1160. The number of amides is 3. The van der Waals surface area contributed by atoms with E-state index in [9.17, 15) is 24.3 Å². The third-order valence-electron chi connectivity index (χ3n) is 6.38. The molecule has 0 saturated heterocycles. The average molecular weight is 556 g/mol. The Balaban J connectivity index is 2.61. The summed E-state index contributed by atoms with van der Waals surface area (Å²) in [6, 6.07) is 12.8. The minimum Gasteiger partial charge on any atom is -0.508 e. The molecule has 0 aliphatic carbocycles. The second-order valence-corrected chi connectivity index (χ2v) is 11.1. The fourth-order valence-corrected chi connectivity index (χ4v) is 4.01. The van der Waals surface area contributed by atoms with E-state index in [4.69, 9.17) is 4.74 Å². The smallest absolute Gasteiger partial charge is 0.408 e. The summed E-state index contributed by atoms with van der Waals surface area (Å²) < 4.78 is 10.1. The van der Waals surface area contributed by atoms with Crippen LogP contribution in [-0.2, 0) is 30.3 Å². The molecule has 2 aromatic carbocycles. The number of carbonyl (C=O) groups is 4. The lowest BCUT2D eigenvalue weighted by Gasteiger charge is -2.44. The molecule has 3 amide bonds. The Morgan fingerprint density at radius 1 is 0.950 bits per heavy atom. The lowest BCUT2D eigenvalue weighted by molar-refractivity contribution is -0.150. The van der Waals surface area contributed by atoms with Crippen molar-refractivity contribution >= 4 is 23.9 Å². The zero-order valence-electron chi connectivity index (χ0n) is 24.3. The van der Waals surface area contributed by atoms with Crippen LogP contribution in [0.1, 0.15) is 65.1 Å². The van der Waals surface area contributed by atoms with Gasteiger partial charge in [0.2, 0.25) is 11.8 Å². The maximum absolute atomic E-state index is 14.5. The van der Waals surface area contributed by atoms with Gasteiger partial charge in [0.15, 0.2) is 0 Å². The van der Waals surface area contributed by atoms with E-state index in [0.29, 0.717) is 17.5 Å². The molecule has 40 heavy (non-hydrogen) atoms. The minimum atomic E-state index is -1.13. The van der Waals surface area contributed by atoms with E-state index in [0.717, 1.165) is 0 Å². The standard InChI is InChI=1S/C30H41N3O7/c1-8-30(5,6)33(25(21-12-10-9-11-13-21)26(36)31-19-24(35)39-7)27(37)23(32-28(38)40-29(2,3)4)18-20-14-16-22(34)17-15-20/h9-17,23,25,34H,8,18-19H2,1-7H3,(H,31,36)(H,32,38). The molecular weight excluding hydrogens is 514 g/mol. The average Bonchev–Trinajstić information content (AvgIpc) is 2.89. The Morgan fingerprint density at radius 2 is 1.55 bits per heavy atom. The first kappa shape index (κ1) is 32.1. The predicted octanol–water partition coefficient (Wildman–Crippen LogP) is 3.88. The number of benzene rings is 2. The summed E-state index contributed by atoms with van der Waals surface area (Å²) in [4.78, 5) is 54.2. The molecule has 0 aromatic heterocycles. The number of aromatic hydroxyl groups is 1. The van der Waals surface area contributed by atoms with Gasteiger partial charge in [0, 0.05) is 12.0 Å². The van der Waals surface area contributed by atoms with Crippen LogP contribution in [0.3, 0.4) is 0 Å². The molecule has 0 bridgehead atoms.